The molecule has 1 unspecified atom stereocenters. The van der Waals surface area contributed by atoms with E-state index in [1.54, 1.807) is 0 Å². The van der Waals surface area contributed by atoms with Crippen LogP contribution in [-0.4, -0.2) is 29.6 Å². The van der Waals surface area contributed by atoms with Gasteiger partial charge in [0.1, 0.15) is 21.5 Å². The van der Waals surface area contributed by atoms with Crippen LogP contribution in [0.3, 0.4) is 0 Å². The zero-order valence-corrected chi connectivity index (χ0v) is 16.7. The number of rotatable bonds is 4. The molecule has 0 aliphatic carbocycles. The summed E-state index contributed by atoms with van der Waals surface area (Å²) in [5, 5.41) is -0.459. The molecule has 1 atom stereocenters. The minimum atomic E-state index is -4.59. The SMILES string of the molecule is Cc1[nH]c(C(c2ccc(F)c(Cl)c2)c2ncc(C(F)(F)F)s2)nc1S(C)(=O)=O. The number of aryl methyl sites for hydroxylation is 1. The maximum absolute atomic E-state index is 13.6. The van der Waals surface area contributed by atoms with Crippen molar-refractivity contribution in [2.24, 2.45) is 0 Å². The monoisotopic (exact) mass is 453 g/mol. The van der Waals surface area contributed by atoms with Crippen molar-refractivity contribution in [1.82, 2.24) is 15.0 Å². The van der Waals surface area contributed by atoms with Gasteiger partial charge in [-0.05, 0) is 24.6 Å². The zero-order chi connectivity index (χ0) is 20.9. The predicted molar refractivity (Wildman–Crippen MR) is 95.9 cm³/mol. The Balaban J connectivity index is 2.20. The molecule has 0 aliphatic rings. The molecule has 1 aromatic carbocycles. The third-order valence-electron chi connectivity index (χ3n) is 3.81. The second-order valence-corrected chi connectivity index (χ2v) is 9.39. The molecule has 0 saturated carbocycles. The van der Waals surface area contributed by atoms with Gasteiger partial charge in [-0.25, -0.2) is 22.8 Å². The van der Waals surface area contributed by atoms with Gasteiger partial charge in [0.25, 0.3) is 0 Å². The van der Waals surface area contributed by atoms with Crippen molar-refractivity contribution in [2.75, 3.05) is 6.26 Å². The number of halogens is 5. The molecule has 0 radical (unpaired) electrons. The molecule has 5 nitrogen and oxygen atoms in total. The standard InChI is InChI=1S/C16H12ClF4N3O2S2/c1-7-15(28(2,25)26)24-13(23-7)12(8-3-4-10(18)9(17)5-8)14-22-6-11(27-14)16(19,20)21/h3-6,12H,1-2H3,(H,23,24). The fourth-order valence-electron chi connectivity index (χ4n) is 2.63. The van der Waals surface area contributed by atoms with E-state index in [-0.39, 0.29) is 26.6 Å². The number of imidazole rings is 1. The second kappa shape index (κ2) is 7.12. The molecule has 3 aromatic rings. The van der Waals surface area contributed by atoms with Crippen LogP contribution < -0.4 is 0 Å². The Morgan fingerprint density at radius 1 is 1.29 bits per heavy atom. The number of nitrogens with one attached hydrogen (secondary N) is 1. The molecular weight excluding hydrogens is 442 g/mol. The van der Waals surface area contributed by atoms with Crippen LogP contribution in [0.4, 0.5) is 17.6 Å². The number of sulfone groups is 1. The van der Waals surface area contributed by atoms with Gasteiger partial charge >= 0.3 is 6.18 Å². The van der Waals surface area contributed by atoms with Crippen LogP contribution in [0, 0.1) is 12.7 Å². The Labute approximate surface area is 166 Å². The first-order chi connectivity index (χ1) is 12.9. The second-order valence-electron chi connectivity index (χ2n) is 5.99. The summed E-state index contributed by atoms with van der Waals surface area (Å²) in [6, 6.07) is 3.64. The van der Waals surface area contributed by atoms with Crippen LogP contribution in [-0.2, 0) is 16.0 Å². The van der Waals surface area contributed by atoms with Crippen molar-refractivity contribution < 1.29 is 26.0 Å². The highest BCUT2D eigenvalue weighted by Crippen LogP contribution is 2.40. The fourth-order valence-corrected chi connectivity index (χ4v) is 4.60. The Kier molecular flexibility index (Phi) is 5.28. The van der Waals surface area contributed by atoms with Gasteiger partial charge in [0, 0.05) is 6.26 Å². The van der Waals surface area contributed by atoms with Crippen molar-refractivity contribution in [1.29, 1.82) is 0 Å². The van der Waals surface area contributed by atoms with Gasteiger partial charge in [-0.15, -0.1) is 11.3 Å². The van der Waals surface area contributed by atoms with Crippen molar-refractivity contribution in [3.8, 4) is 0 Å². The van der Waals surface area contributed by atoms with Gasteiger partial charge < -0.3 is 4.98 Å². The number of thiazole rings is 1. The van der Waals surface area contributed by atoms with E-state index >= 15 is 0 Å². The van der Waals surface area contributed by atoms with E-state index in [1.807, 2.05) is 0 Å². The van der Waals surface area contributed by atoms with Crippen LogP contribution >= 0.6 is 22.9 Å². The van der Waals surface area contributed by atoms with Crippen molar-refractivity contribution in [3.63, 3.8) is 0 Å². The number of benzene rings is 1. The van der Waals surface area contributed by atoms with Crippen molar-refractivity contribution in [2.45, 2.75) is 24.0 Å². The molecular formula is C16H12ClF4N3O2S2. The van der Waals surface area contributed by atoms with E-state index in [4.69, 9.17) is 11.6 Å². The summed E-state index contributed by atoms with van der Waals surface area (Å²) in [5.41, 5.74) is 0.534. The van der Waals surface area contributed by atoms with E-state index < -0.39 is 32.6 Å². The summed E-state index contributed by atoms with van der Waals surface area (Å²) in [5.74, 6) is -1.64. The Hall–Kier alpha value is -1.98. The summed E-state index contributed by atoms with van der Waals surface area (Å²) in [7, 11) is -3.67. The number of hydrogen-bond acceptors (Lipinski definition) is 5. The van der Waals surface area contributed by atoms with E-state index in [0.717, 1.165) is 12.3 Å². The molecule has 0 fully saturated rings. The highest BCUT2D eigenvalue weighted by Gasteiger charge is 2.35. The number of aromatic nitrogens is 3. The molecule has 150 valence electrons. The molecule has 1 N–H and O–H groups in total. The van der Waals surface area contributed by atoms with E-state index in [2.05, 4.69) is 15.0 Å². The minimum absolute atomic E-state index is 0.00352. The topological polar surface area (TPSA) is 75.7 Å². The quantitative estimate of drug-likeness (QED) is 0.587. The van der Waals surface area contributed by atoms with Crippen LogP contribution in [0.15, 0.2) is 29.4 Å². The van der Waals surface area contributed by atoms with Gasteiger partial charge in [-0.3, -0.25) is 0 Å². The molecule has 0 bridgehead atoms. The molecule has 12 heteroatoms. The lowest BCUT2D eigenvalue weighted by molar-refractivity contribution is -0.134. The lowest BCUT2D eigenvalue weighted by Gasteiger charge is -2.13. The first kappa shape index (κ1) is 20.7. The third-order valence-corrected chi connectivity index (χ3v) is 6.31. The van der Waals surface area contributed by atoms with Crippen LogP contribution in [0.2, 0.25) is 5.02 Å². The Bertz CT molecular complexity index is 1140. The smallest absolute Gasteiger partial charge is 0.344 e. The molecule has 0 saturated heterocycles. The highest BCUT2D eigenvalue weighted by molar-refractivity contribution is 7.90. The molecule has 3 rings (SSSR count). The number of aromatic amines is 1. The Morgan fingerprint density at radius 2 is 1.96 bits per heavy atom. The van der Waals surface area contributed by atoms with Crippen molar-refractivity contribution >= 4 is 32.8 Å². The number of alkyl halides is 3. The minimum Gasteiger partial charge on any atom is -0.344 e. The third kappa shape index (κ3) is 4.06. The van der Waals surface area contributed by atoms with Crippen molar-refractivity contribution in [3.05, 3.63) is 62.2 Å². The first-order valence-electron chi connectivity index (χ1n) is 7.62. The molecule has 2 aromatic heterocycles. The number of hydrogen-bond donors (Lipinski definition) is 1. The highest BCUT2D eigenvalue weighted by atomic mass is 35.5. The van der Waals surface area contributed by atoms with Crippen LogP contribution in [0.5, 0.6) is 0 Å². The summed E-state index contributed by atoms with van der Waals surface area (Å²) in [4.78, 5) is 9.77. The van der Waals surface area contributed by atoms with Gasteiger partial charge in [0.15, 0.2) is 14.9 Å². The van der Waals surface area contributed by atoms with Crippen LogP contribution in [0.25, 0.3) is 0 Å². The average molecular weight is 454 g/mol. The summed E-state index contributed by atoms with van der Waals surface area (Å²) >= 11 is 6.21. The predicted octanol–water partition coefficient (Wildman–Crippen LogP) is 4.57. The van der Waals surface area contributed by atoms with Gasteiger partial charge in [0.2, 0.25) is 0 Å². The average Bonchev–Trinajstić information content (AvgIpc) is 3.18. The maximum Gasteiger partial charge on any atom is 0.427 e. The molecule has 28 heavy (non-hydrogen) atoms. The number of nitrogens with zero attached hydrogens (tertiary/aromatic N) is 2. The fraction of sp³-hybridized carbons (Fsp3) is 0.250. The van der Waals surface area contributed by atoms with E-state index in [0.29, 0.717) is 23.1 Å². The molecule has 0 aliphatic heterocycles. The normalized spacial score (nSPS) is 13.7. The zero-order valence-electron chi connectivity index (χ0n) is 14.3. The van der Waals surface area contributed by atoms with Crippen LogP contribution in [0.1, 0.15) is 32.9 Å². The lowest BCUT2D eigenvalue weighted by Crippen LogP contribution is -2.06. The largest absolute Gasteiger partial charge is 0.427 e. The molecule has 0 amide bonds. The van der Waals surface area contributed by atoms with E-state index in [1.165, 1.54) is 19.1 Å². The Morgan fingerprint density at radius 3 is 2.46 bits per heavy atom. The first-order valence-corrected chi connectivity index (χ1v) is 10.7. The summed E-state index contributed by atoms with van der Waals surface area (Å²) in [6.45, 7) is 1.48. The summed E-state index contributed by atoms with van der Waals surface area (Å²) in [6.07, 6.45) is -2.93. The van der Waals surface area contributed by atoms with Gasteiger partial charge in [-0.2, -0.15) is 13.2 Å². The van der Waals surface area contributed by atoms with Gasteiger partial charge in [-0.1, -0.05) is 17.7 Å². The number of H-pyrrole nitrogens is 1. The molecule has 2 heterocycles. The molecule has 0 spiro atoms. The summed E-state index contributed by atoms with van der Waals surface area (Å²) < 4.78 is 76.3. The van der Waals surface area contributed by atoms with Gasteiger partial charge in [0.05, 0.1) is 22.8 Å². The lowest BCUT2D eigenvalue weighted by atomic mass is 9.99. The van der Waals surface area contributed by atoms with E-state index in [9.17, 15) is 26.0 Å². The maximum atomic E-state index is 13.6.